The number of hydrogen-bond acceptors (Lipinski definition) is 4. The van der Waals surface area contributed by atoms with Crippen molar-refractivity contribution in [1.82, 2.24) is 19.9 Å². The number of nitrogens with one attached hydrogen (secondary N) is 1. The number of rotatable bonds is 4. The zero-order valence-corrected chi connectivity index (χ0v) is 15.2. The minimum absolute atomic E-state index is 0.221. The third-order valence-electron chi connectivity index (χ3n) is 4.78. The molecule has 0 aliphatic carbocycles. The summed E-state index contributed by atoms with van der Waals surface area (Å²) in [5.41, 5.74) is 1.99. The van der Waals surface area contributed by atoms with Gasteiger partial charge in [0, 0.05) is 42.9 Å². The fourth-order valence-corrected chi connectivity index (χ4v) is 4.37. The molecule has 1 aliphatic heterocycles. The van der Waals surface area contributed by atoms with Gasteiger partial charge in [-0.05, 0) is 31.9 Å². The van der Waals surface area contributed by atoms with Crippen molar-refractivity contribution in [1.29, 1.82) is 0 Å². The number of para-hydroxylation sites is 2. The van der Waals surface area contributed by atoms with Gasteiger partial charge in [0.2, 0.25) is 5.91 Å². The highest BCUT2D eigenvalue weighted by Gasteiger charge is 2.26. The maximum atomic E-state index is 12.6. The van der Waals surface area contributed by atoms with E-state index in [-0.39, 0.29) is 5.91 Å². The molecule has 6 heteroatoms. The molecule has 1 unspecified atom stereocenters. The molecule has 0 radical (unpaired) electrons. The number of aromatic nitrogens is 3. The predicted molar refractivity (Wildman–Crippen MR) is 99.8 cm³/mol. The highest BCUT2D eigenvalue weighted by Crippen LogP contribution is 2.30. The van der Waals surface area contributed by atoms with E-state index in [0.29, 0.717) is 18.8 Å². The number of H-pyrrole nitrogens is 1. The lowest BCUT2D eigenvalue weighted by atomic mass is 9.98. The topological polar surface area (TPSA) is 61.9 Å². The molecule has 0 spiro atoms. The Morgan fingerprint density at radius 3 is 3.08 bits per heavy atom. The van der Waals surface area contributed by atoms with Gasteiger partial charge in [-0.2, -0.15) is 0 Å². The van der Waals surface area contributed by atoms with Crippen LogP contribution in [0, 0.1) is 6.92 Å². The quantitative estimate of drug-likeness (QED) is 0.778. The first kappa shape index (κ1) is 16.3. The van der Waals surface area contributed by atoms with Crippen LogP contribution < -0.4 is 0 Å². The zero-order valence-electron chi connectivity index (χ0n) is 14.4. The molecule has 1 atom stereocenters. The number of aryl methyl sites for hydroxylation is 2. The molecule has 1 aromatic carbocycles. The smallest absolute Gasteiger partial charge is 0.223 e. The number of carbonyl (C=O) groups excluding carboxylic acids is 1. The molecule has 1 aliphatic rings. The Kier molecular flexibility index (Phi) is 4.53. The minimum atomic E-state index is 0.221. The normalized spacial score (nSPS) is 18.0. The molecule has 0 bridgehead atoms. The monoisotopic (exact) mass is 354 g/mol. The fraction of sp³-hybridized carbons (Fsp3) is 0.421. The Hall–Kier alpha value is -2.21. The predicted octanol–water partition coefficient (Wildman–Crippen LogP) is 3.67. The summed E-state index contributed by atoms with van der Waals surface area (Å²) in [6.45, 7) is 3.74. The van der Waals surface area contributed by atoms with Crippen LogP contribution in [0.25, 0.3) is 11.0 Å². The summed E-state index contributed by atoms with van der Waals surface area (Å²) >= 11 is 1.76. The number of fused-ring (bicyclic) bond motifs is 1. The molecule has 1 amide bonds. The van der Waals surface area contributed by atoms with Gasteiger partial charge in [-0.15, -0.1) is 11.3 Å². The van der Waals surface area contributed by atoms with Gasteiger partial charge >= 0.3 is 0 Å². The average molecular weight is 354 g/mol. The van der Waals surface area contributed by atoms with Crippen molar-refractivity contribution >= 4 is 28.3 Å². The molecule has 130 valence electrons. The Morgan fingerprint density at radius 2 is 2.28 bits per heavy atom. The van der Waals surface area contributed by atoms with Gasteiger partial charge in [-0.25, -0.2) is 9.97 Å². The van der Waals surface area contributed by atoms with Gasteiger partial charge in [0.25, 0.3) is 0 Å². The van der Waals surface area contributed by atoms with E-state index in [1.54, 1.807) is 11.3 Å². The molecule has 25 heavy (non-hydrogen) atoms. The Bertz CT molecular complexity index is 851. The summed E-state index contributed by atoms with van der Waals surface area (Å²) < 4.78 is 0. The molecular formula is C19H22N4OS. The largest absolute Gasteiger partial charge is 0.342 e. The molecular weight excluding hydrogens is 332 g/mol. The number of amides is 1. The third-order valence-corrected chi connectivity index (χ3v) is 5.85. The van der Waals surface area contributed by atoms with Gasteiger partial charge in [-0.3, -0.25) is 4.79 Å². The number of piperidine rings is 1. The summed E-state index contributed by atoms with van der Waals surface area (Å²) in [4.78, 5) is 28.3. The van der Waals surface area contributed by atoms with Crippen molar-refractivity contribution in [2.24, 2.45) is 0 Å². The van der Waals surface area contributed by atoms with Crippen molar-refractivity contribution < 1.29 is 4.79 Å². The second-order valence-electron chi connectivity index (χ2n) is 6.69. The second-order valence-corrected chi connectivity index (χ2v) is 7.96. The van der Waals surface area contributed by atoms with E-state index < -0.39 is 0 Å². The number of benzene rings is 1. The standard InChI is InChI=1S/C19H22N4OS/c1-13-11-20-19(25-13)14-5-4-10-23(12-14)18(24)9-8-17-21-15-6-2-3-7-16(15)22-17/h2-3,6-7,11,14H,4-5,8-10,12H2,1H3,(H,21,22). The molecule has 1 N–H and O–H groups in total. The van der Waals surface area contributed by atoms with Crippen LogP contribution in [-0.2, 0) is 11.2 Å². The van der Waals surface area contributed by atoms with Crippen molar-refractivity contribution in [3.05, 3.63) is 46.2 Å². The number of nitrogens with zero attached hydrogens (tertiary/aromatic N) is 3. The second kappa shape index (κ2) is 6.96. The van der Waals surface area contributed by atoms with Crippen LogP contribution in [0.3, 0.4) is 0 Å². The van der Waals surface area contributed by atoms with Crippen LogP contribution in [0.5, 0.6) is 0 Å². The van der Waals surface area contributed by atoms with Crippen molar-refractivity contribution in [3.8, 4) is 0 Å². The number of carbonyl (C=O) groups is 1. The van der Waals surface area contributed by atoms with Crippen molar-refractivity contribution in [2.75, 3.05) is 13.1 Å². The summed E-state index contributed by atoms with van der Waals surface area (Å²) in [5.74, 6) is 1.50. The van der Waals surface area contributed by atoms with Gasteiger partial charge in [-0.1, -0.05) is 12.1 Å². The van der Waals surface area contributed by atoms with Crippen molar-refractivity contribution in [2.45, 2.75) is 38.5 Å². The number of likely N-dealkylation sites (tertiary alicyclic amines) is 1. The van der Waals surface area contributed by atoms with E-state index in [4.69, 9.17) is 0 Å². The maximum Gasteiger partial charge on any atom is 0.223 e. The molecule has 3 heterocycles. The highest BCUT2D eigenvalue weighted by molar-refractivity contribution is 7.11. The molecule has 1 saturated heterocycles. The van der Waals surface area contributed by atoms with Crippen LogP contribution in [0.2, 0.25) is 0 Å². The van der Waals surface area contributed by atoms with Gasteiger partial charge in [0.15, 0.2) is 0 Å². The summed E-state index contributed by atoms with van der Waals surface area (Å²) in [7, 11) is 0. The SMILES string of the molecule is Cc1cnc(C2CCCN(C(=O)CCc3nc4ccccc4[nH]3)C2)s1. The van der Waals surface area contributed by atoms with E-state index in [0.717, 1.165) is 42.8 Å². The Morgan fingerprint density at radius 1 is 1.40 bits per heavy atom. The molecule has 4 rings (SSSR count). The van der Waals surface area contributed by atoms with E-state index in [2.05, 4.69) is 21.9 Å². The number of hydrogen-bond donors (Lipinski definition) is 1. The van der Waals surface area contributed by atoms with Crippen LogP contribution in [0.15, 0.2) is 30.5 Å². The molecule has 5 nitrogen and oxygen atoms in total. The molecule has 2 aromatic heterocycles. The van der Waals surface area contributed by atoms with E-state index in [9.17, 15) is 4.79 Å². The van der Waals surface area contributed by atoms with Crippen LogP contribution in [-0.4, -0.2) is 38.8 Å². The molecule has 0 saturated carbocycles. The van der Waals surface area contributed by atoms with Crippen LogP contribution >= 0.6 is 11.3 Å². The van der Waals surface area contributed by atoms with E-state index in [1.807, 2.05) is 35.4 Å². The summed E-state index contributed by atoms with van der Waals surface area (Å²) in [6.07, 6.45) is 5.27. The zero-order chi connectivity index (χ0) is 17.2. The van der Waals surface area contributed by atoms with Crippen molar-refractivity contribution in [3.63, 3.8) is 0 Å². The lowest BCUT2D eigenvalue weighted by Crippen LogP contribution is -2.39. The Balaban J connectivity index is 1.37. The summed E-state index contributed by atoms with van der Waals surface area (Å²) in [6, 6.07) is 7.97. The van der Waals surface area contributed by atoms with Crippen LogP contribution in [0.1, 0.15) is 40.9 Å². The molecule has 1 fully saturated rings. The average Bonchev–Trinajstić information content (AvgIpc) is 3.25. The highest BCUT2D eigenvalue weighted by atomic mass is 32.1. The van der Waals surface area contributed by atoms with Gasteiger partial charge in [0.05, 0.1) is 16.0 Å². The van der Waals surface area contributed by atoms with Gasteiger partial charge in [0.1, 0.15) is 5.82 Å². The number of thiazole rings is 1. The lowest BCUT2D eigenvalue weighted by Gasteiger charge is -2.31. The lowest BCUT2D eigenvalue weighted by molar-refractivity contribution is -0.132. The summed E-state index contributed by atoms with van der Waals surface area (Å²) in [5, 5.41) is 1.17. The van der Waals surface area contributed by atoms with E-state index in [1.165, 1.54) is 9.88 Å². The fourth-order valence-electron chi connectivity index (χ4n) is 3.47. The number of aromatic amines is 1. The first-order chi connectivity index (χ1) is 12.2. The first-order valence-electron chi connectivity index (χ1n) is 8.83. The Labute approximate surface area is 151 Å². The first-order valence-corrected chi connectivity index (χ1v) is 9.64. The van der Waals surface area contributed by atoms with E-state index >= 15 is 0 Å². The van der Waals surface area contributed by atoms with Gasteiger partial charge < -0.3 is 9.88 Å². The number of imidazole rings is 1. The molecule has 3 aromatic rings. The van der Waals surface area contributed by atoms with Crippen LogP contribution in [0.4, 0.5) is 0 Å². The minimum Gasteiger partial charge on any atom is -0.342 e. The maximum absolute atomic E-state index is 12.6. The third kappa shape index (κ3) is 3.58.